The first-order chi connectivity index (χ1) is 14.9. The summed E-state index contributed by atoms with van der Waals surface area (Å²) < 4.78 is 29.2. The third kappa shape index (κ3) is 5.58. The molecule has 2 aromatic rings. The van der Waals surface area contributed by atoms with Crippen molar-refractivity contribution in [1.82, 2.24) is 4.90 Å². The number of carbonyl (C=O) groups is 2. The number of ether oxygens (including phenoxy) is 3. The van der Waals surface area contributed by atoms with Gasteiger partial charge in [0.05, 0.1) is 43.5 Å². The molecule has 7 nitrogen and oxygen atoms in total. The van der Waals surface area contributed by atoms with Gasteiger partial charge in [-0.05, 0) is 37.1 Å². The number of amides is 2. The van der Waals surface area contributed by atoms with Gasteiger partial charge in [0.1, 0.15) is 11.6 Å². The Hall–Kier alpha value is -3.00. The van der Waals surface area contributed by atoms with E-state index in [0.717, 1.165) is 18.9 Å². The zero-order valence-electron chi connectivity index (χ0n) is 17.4. The first-order valence-electron chi connectivity index (χ1n) is 9.86. The van der Waals surface area contributed by atoms with Gasteiger partial charge in [-0.1, -0.05) is 11.6 Å². The molecule has 31 heavy (non-hydrogen) atoms. The number of anilines is 1. The molecule has 0 atom stereocenters. The van der Waals surface area contributed by atoms with E-state index in [-0.39, 0.29) is 35.6 Å². The summed E-state index contributed by atoms with van der Waals surface area (Å²) in [4.78, 5) is 27.2. The number of rotatable bonds is 8. The Labute approximate surface area is 185 Å². The monoisotopic (exact) mass is 450 g/mol. The number of methoxy groups -OCH3 is 2. The van der Waals surface area contributed by atoms with Crippen LogP contribution in [0.3, 0.4) is 0 Å². The molecule has 0 aromatic heterocycles. The first-order valence-corrected chi connectivity index (χ1v) is 10.2. The zero-order valence-corrected chi connectivity index (χ0v) is 18.1. The van der Waals surface area contributed by atoms with E-state index < -0.39 is 5.82 Å². The van der Waals surface area contributed by atoms with Crippen molar-refractivity contribution >= 4 is 29.1 Å². The van der Waals surface area contributed by atoms with Gasteiger partial charge < -0.3 is 24.4 Å². The molecule has 1 N–H and O–H groups in total. The molecular formula is C22H24ClFN2O5. The summed E-state index contributed by atoms with van der Waals surface area (Å²) >= 11 is 5.92. The van der Waals surface area contributed by atoms with Gasteiger partial charge in [-0.25, -0.2) is 4.39 Å². The van der Waals surface area contributed by atoms with Crippen LogP contribution in [0, 0.1) is 5.82 Å². The van der Waals surface area contributed by atoms with E-state index in [9.17, 15) is 14.0 Å². The predicted octanol–water partition coefficient (Wildman–Crippen LogP) is 4.14. The number of likely N-dealkylation sites (tertiary alicyclic amines) is 1. The molecule has 2 aromatic carbocycles. The van der Waals surface area contributed by atoms with Crippen molar-refractivity contribution in [2.75, 3.05) is 39.2 Å². The Balaban J connectivity index is 1.72. The lowest BCUT2D eigenvalue weighted by Gasteiger charge is -2.20. The molecular weight excluding hydrogens is 427 g/mol. The second-order valence-electron chi connectivity index (χ2n) is 6.97. The Morgan fingerprint density at radius 1 is 1.06 bits per heavy atom. The zero-order chi connectivity index (χ0) is 22.4. The highest BCUT2D eigenvalue weighted by molar-refractivity contribution is 6.32. The Morgan fingerprint density at radius 2 is 1.74 bits per heavy atom. The van der Waals surface area contributed by atoms with Crippen LogP contribution in [0.1, 0.15) is 29.6 Å². The molecule has 1 saturated heterocycles. The van der Waals surface area contributed by atoms with E-state index in [1.807, 2.05) is 0 Å². The highest BCUT2D eigenvalue weighted by atomic mass is 35.5. The van der Waals surface area contributed by atoms with Gasteiger partial charge in [-0.2, -0.15) is 0 Å². The van der Waals surface area contributed by atoms with Gasteiger partial charge >= 0.3 is 0 Å². The number of benzene rings is 2. The molecule has 0 saturated carbocycles. The van der Waals surface area contributed by atoms with Crippen LogP contribution in [0.25, 0.3) is 0 Å². The fourth-order valence-corrected chi connectivity index (χ4v) is 3.53. The summed E-state index contributed by atoms with van der Waals surface area (Å²) in [5.74, 6) is 0.0668. The van der Waals surface area contributed by atoms with Crippen LogP contribution in [0.5, 0.6) is 17.2 Å². The average Bonchev–Trinajstić information content (AvgIpc) is 3.29. The summed E-state index contributed by atoms with van der Waals surface area (Å²) in [6.45, 7) is 1.37. The smallest absolute Gasteiger partial charge is 0.256 e. The van der Waals surface area contributed by atoms with Crippen LogP contribution in [0.15, 0.2) is 30.3 Å². The molecule has 0 bridgehead atoms. The molecule has 0 aliphatic carbocycles. The maximum Gasteiger partial charge on any atom is 0.256 e. The summed E-state index contributed by atoms with van der Waals surface area (Å²) in [5, 5.41) is 2.88. The highest BCUT2D eigenvalue weighted by Gasteiger charge is 2.25. The molecule has 9 heteroatoms. The van der Waals surface area contributed by atoms with Crippen molar-refractivity contribution in [3.05, 3.63) is 46.7 Å². The van der Waals surface area contributed by atoms with Crippen molar-refractivity contribution in [2.24, 2.45) is 0 Å². The lowest BCUT2D eigenvalue weighted by molar-refractivity contribution is -0.116. The van der Waals surface area contributed by atoms with E-state index >= 15 is 0 Å². The van der Waals surface area contributed by atoms with E-state index in [0.29, 0.717) is 35.8 Å². The number of hydrogen-bond donors (Lipinski definition) is 1. The molecule has 2 amide bonds. The molecule has 0 spiro atoms. The van der Waals surface area contributed by atoms with Crippen LogP contribution in [-0.2, 0) is 4.79 Å². The standard InChI is InChI=1S/C22H24ClFN2O5/c1-29-19-12-15(22(28)26-8-3-4-9-26)17(13-20(19)30-2)25-21(27)7-10-31-18-6-5-14(24)11-16(18)23/h5-6,11-13H,3-4,7-10H2,1-2H3,(H,25,27). The molecule has 3 rings (SSSR count). The minimum atomic E-state index is -0.473. The third-order valence-corrected chi connectivity index (χ3v) is 5.20. The summed E-state index contributed by atoms with van der Waals surface area (Å²) in [5.41, 5.74) is 0.662. The quantitative estimate of drug-likeness (QED) is 0.654. The van der Waals surface area contributed by atoms with Crippen molar-refractivity contribution in [1.29, 1.82) is 0 Å². The van der Waals surface area contributed by atoms with Crippen molar-refractivity contribution in [3.8, 4) is 17.2 Å². The van der Waals surface area contributed by atoms with Crippen LogP contribution >= 0.6 is 11.6 Å². The van der Waals surface area contributed by atoms with E-state index in [1.54, 1.807) is 17.0 Å². The van der Waals surface area contributed by atoms with Crippen molar-refractivity contribution in [2.45, 2.75) is 19.3 Å². The third-order valence-electron chi connectivity index (χ3n) is 4.90. The number of halogens is 2. The van der Waals surface area contributed by atoms with Crippen LogP contribution < -0.4 is 19.5 Å². The molecule has 1 aliphatic heterocycles. The largest absolute Gasteiger partial charge is 0.493 e. The van der Waals surface area contributed by atoms with Gasteiger partial charge in [0.25, 0.3) is 5.91 Å². The van der Waals surface area contributed by atoms with E-state index in [4.69, 9.17) is 25.8 Å². The first kappa shape index (κ1) is 22.7. The normalized spacial score (nSPS) is 13.1. The lowest BCUT2D eigenvalue weighted by atomic mass is 10.1. The molecule has 0 unspecified atom stereocenters. The summed E-state index contributed by atoms with van der Waals surface area (Å²) in [6, 6.07) is 6.90. The summed E-state index contributed by atoms with van der Waals surface area (Å²) in [6.07, 6.45) is 1.90. The van der Waals surface area contributed by atoms with Crippen LogP contribution in [-0.4, -0.2) is 50.6 Å². The Kier molecular flexibility index (Phi) is 7.57. The molecule has 1 heterocycles. The van der Waals surface area contributed by atoms with Crippen molar-refractivity contribution < 1.29 is 28.2 Å². The minimum Gasteiger partial charge on any atom is -0.493 e. The number of nitrogens with one attached hydrogen (secondary N) is 1. The van der Waals surface area contributed by atoms with E-state index in [1.165, 1.54) is 26.4 Å². The summed E-state index contributed by atoms with van der Waals surface area (Å²) in [7, 11) is 2.96. The number of carbonyl (C=O) groups excluding carboxylic acids is 2. The second-order valence-corrected chi connectivity index (χ2v) is 7.38. The maximum atomic E-state index is 13.1. The van der Waals surface area contributed by atoms with E-state index in [2.05, 4.69) is 5.32 Å². The highest BCUT2D eigenvalue weighted by Crippen LogP contribution is 2.34. The Morgan fingerprint density at radius 3 is 2.39 bits per heavy atom. The maximum absolute atomic E-state index is 13.1. The van der Waals surface area contributed by atoms with Gasteiger partial charge in [0.2, 0.25) is 5.91 Å². The average molecular weight is 451 g/mol. The SMILES string of the molecule is COc1cc(NC(=O)CCOc2ccc(F)cc2Cl)c(C(=O)N2CCCC2)cc1OC. The van der Waals surface area contributed by atoms with Gasteiger partial charge in [-0.15, -0.1) is 0 Å². The molecule has 166 valence electrons. The molecule has 1 aliphatic rings. The Bertz CT molecular complexity index is 963. The van der Waals surface area contributed by atoms with Crippen LogP contribution in [0.4, 0.5) is 10.1 Å². The molecule has 1 fully saturated rings. The molecule has 0 radical (unpaired) electrons. The topological polar surface area (TPSA) is 77.1 Å². The predicted molar refractivity (Wildman–Crippen MR) is 115 cm³/mol. The fraction of sp³-hybridized carbons (Fsp3) is 0.364. The minimum absolute atomic E-state index is 0.000600. The fourth-order valence-electron chi connectivity index (χ4n) is 3.31. The second kappa shape index (κ2) is 10.3. The van der Waals surface area contributed by atoms with Crippen LogP contribution in [0.2, 0.25) is 5.02 Å². The van der Waals surface area contributed by atoms with Gasteiger partial charge in [-0.3, -0.25) is 9.59 Å². The van der Waals surface area contributed by atoms with Gasteiger partial charge in [0, 0.05) is 19.2 Å². The van der Waals surface area contributed by atoms with Gasteiger partial charge in [0.15, 0.2) is 11.5 Å². The lowest BCUT2D eigenvalue weighted by Crippen LogP contribution is -2.29. The number of nitrogens with zero attached hydrogens (tertiary/aromatic N) is 1. The van der Waals surface area contributed by atoms with Crippen molar-refractivity contribution in [3.63, 3.8) is 0 Å². The number of hydrogen-bond acceptors (Lipinski definition) is 5.